The van der Waals surface area contributed by atoms with Crippen LogP contribution in [0.3, 0.4) is 0 Å². The molecule has 0 aliphatic rings. The Hall–Kier alpha value is -1.49. The minimum atomic E-state index is -0.698. The fourth-order valence-corrected chi connectivity index (χ4v) is 1.13. The third-order valence-electron chi connectivity index (χ3n) is 1.77. The topological polar surface area (TPSA) is 78.1 Å². The Bertz CT molecular complexity index is 346. The van der Waals surface area contributed by atoms with Gasteiger partial charge in [0.1, 0.15) is 11.6 Å². The summed E-state index contributed by atoms with van der Waals surface area (Å²) in [5.74, 6) is -0.418. The van der Waals surface area contributed by atoms with Gasteiger partial charge < -0.3 is 10.5 Å². The minimum absolute atomic E-state index is 0.336. The fraction of sp³-hybridized carbons (Fsp3) is 0.545. The molecule has 0 saturated carbocycles. The molecule has 0 aliphatic carbocycles. The third-order valence-corrected chi connectivity index (χ3v) is 1.77. The van der Waals surface area contributed by atoms with Crippen LogP contribution in [-0.4, -0.2) is 27.8 Å². The highest BCUT2D eigenvalue weighted by Gasteiger charge is 2.22. The first-order valence-electron chi connectivity index (χ1n) is 5.13. The molecule has 0 saturated heterocycles. The molecule has 0 bridgehead atoms. The van der Waals surface area contributed by atoms with E-state index in [1.54, 1.807) is 39.1 Å². The van der Waals surface area contributed by atoms with E-state index in [4.69, 9.17) is 10.5 Å². The summed E-state index contributed by atoms with van der Waals surface area (Å²) in [4.78, 5) is 11.6. The van der Waals surface area contributed by atoms with E-state index in [1.165, 1.54) is 0 Å². The van der Waals surface area contributed by atoms with E-state index in [-0.39, 0.29) is 0 Å². The van der Waals surface area contributed by atoms with Crippen LogP contribution >= 0.6 is 0 Å². The summed E-state index contributed by atoms with van der Waals surface area (Å²) in [7, 11) is 0. The van der Waals surface area contributed by atoms with Gasteiger partial charge in [-0.05, 0) is 32.9 Å². The van der Waals surface area contributed by atoms with E-state index in [9.17, 15) is 4.79 Å². The number of hydrogen-bond donors (Lipinski definition) is 1. The lowest BCUT2D eigenvalue weighted by molar-refractivity contribution is -0.156. The molecule has 1 rings (SSSR count). The zero-order chi connectivity index (χ0) is 12.2. The lowest BCUT2D eigenvalue weighted by Crippen LogP contribution is -2.39. The Kier molecular flexibility index (Phi) is 3.95. The van der Waals surface area contributed by atoms with E-state index in [2.05, 4.69) is 10.2 Å². The fourth-order valence-electron chi connectivity index (χ4n) is 1.13. The molecule has 0 fully saturated rings. The highest BCUT2D eigenvalue weighted by Crippen LogP contribution is 2.09. The highest BCUT2D eigenvalue weighted by molar-refractivity contribution is 5.76. The van der Waals surface area contributed by atoms with Crippen molar-refractivity contribution in [2.45, 2.75) is 38.8 Å². The van der Waals surface area contributed by atoms with Gasteiger partial charge in [0.05, 0.1) is 5.69 Å². The third kappa shape index (κ3) is 4.35. The highest BCUT2D eigenvalue weighted by atomic mass is 16.6. The Morgan fingerprint density at radius 3 is 2.75 bits per heavy atom. The summed E-state index contributed by atoms with van der Waals surface area (Å²) in [5, 5.41) is 7.57. The van der Waals surface area contributed by atoms with Gasteiger partial charge >= 0.3 is 5.97 Å². The van der Waals surface area contributed by atoms with E-state index in [0.717, 1.165) is 0 Å². The number of hydrogen-bond acceptors (Lipinski definition) is 5. The van der Waals surface area contributed by atoms with Gasteiger partial charge in [-0.15, -0.1) is 0 Å². The van der Waals surface area contributed by atoms with Gasteiger partial charge in [0.25, 0.3) is 0 Å². The van der Waals surface area contributed by atoms with Crippen molar-refractivity contribution in [1.82, 2.24) is 10.2 Å². The molecule has 0 spiro atoms. The molecule has 2 N–H and O–H groups in total. The van der Waals surface area contributed by atoms with Crippen molar-refractivity contribution in [1.29, 1.82) is 0 Å². The maximum absolute atomic E-state index is 11.6. The average Bonchev–Trinajstić information content (AvgIpc) is 2.16. The van der Waals surface area contributed by atoms with E-state index in [0.29, 0.717) is 12.1 Å². The van der Waals surface area contributed by atoms with E-state index < -0.39 is 17.6 Å². The lowest BCUT2D eigenvalue weighted by atomic mass is 10.1. The molecule has 0 aromatic carbocycles. The first-order valence-corrected chi connectivity index (χ1v) is 5.13. The van der Waals surface area contributed by atoms with Crippen molar-refractivity contribution in [3.8, 4) is 0 Å². The monoisotopic (exact) mass is 223 g/mol. The number of carbonyl (C=O) groups excluding carboxylic acids is 1. The largest absolute Gasteiger partial charge is 0.459 e. The van der Waals surface area contributed by atoms with Crippen LogP contribution in [0.15, 0.2) is 18.3 Å². The van der Waals surface area contributed by atoms with E-state index >= 15 is 0 Å². The van der Waals surface area contributed by atoms with Crippen LogP contribution in [0.1, 0.15) is 26.5 Å². The summed E-state index contributed by atoms with van der Waals surface area (Å²) in [6.45, 7) is 5.42. The smallest absolute Gasteiger partial charge is 0.323 e. The first kappa shape index (κ1) is 12.6. The maximum Gasteiger partial charge on any atom is 0.323 e. The SMILES string of the molecule is CC(C)(C)OC(=O)C(N)Cc1cccnn1. The molecule has 1 heterocycles. The second-order valence-electron chi connectivity index (χ2n) is 4.56. The second-order valence-corrected chi connectivity index (χ2v) is 4.56. The summed E-state index contributed by atoms with van der Waals surface area (Å²) in [6, 6.07) is 2.83. The number of aromatic nitrogens is 2. The van der Waals surface area contributed by atoms with Crippen LogP contribution in [0.25, 0.3) is 0 Å². The Morgan fingerprint density at radius 2 is 2.25 bits per heavy atom. The summed E-state index contributed by atoms with van der Waals surface area (Å²) in [5.41, 5.74) is 5.88. The molecule has 88 valence electrons. The van der Waals surface area contributed by atoms with Crippen LogP contribution < -0.4 is 5.73 Å². The number of carbonyl (C=O) groups is 1. The van der Waals surface area contributed by atoms with E-state index in [1.807, 2.05) is 0 Å². The predicted octanol–water partition coefficient (Wildman–Crippen LogP) is 0.688. The lowest BCUT2D eigenvalue weighted by Gasteiger charge is -2.21. The Morgan fingerprint density at radius 1 is 1.56 bits per heavy atom. The summed E-state index contributed by atoms with van der Waals surface area (Å²) >= 11 is 0. The van der Waals surface area contributed by atoms with Crippen molar-refractivity contribution < 1.29 is 9.53 Å². The molecule has 5 nitrogen and oxygen atoms in total. The number of ether oxygens (including phenoxy) is 1. The molecular formula is C11H17N3O2. The van der Waals surface area contributed by atoms with Gasteiger partial charge in [0.15, 0.2) is 0 Å². The molecular weight excluding hydrogens is 206 g/mol. The van der Waals surface area contributed by atoms with Gasteiger partial charge in [-0.3, -0.25) is 4.79 Å². The number of nitrogens with two attached hydrogens (primary N) is 1. The number of rotatable bonds is 3. The van der Waals surface area contributed by atoms with Crippen molar-refractivity contribution in [3.63, 3.8) is 0 Å². The molecule has 1 aromatic rings. The maximum atomic E-state index is 11.6. The number of esters is 1. The first-order chi connectivity index (χ1) is 7.38. The predicted molar refractivity (Wildman–Crippen MR) is 59.6 cm³/mol. The molecule has 16 heavy (non-hydrogen) atoms. The standard InChI is InChI=1S/C11H17N3O2/c1-11(2,3)16-10(15)9(12)7-8-5-4-6-13-14-8/h4-6,9H,7,12H2,1-3H3. The van der Waals surface area contributed by atoms with Crippen molar-refractivity contribution in [3.05, 3.63) is 24.0 Å². The molecule has 1 aromatic heterocycles. The van der Waals surface area contributed by atoms with Crippen molar-refractivity contribution in [2.75, 3.05) is 0 Å². The van der Waals surface area contributed by atoms with Crippen LogP contribution in [0.4, 0.5) is 0 Å². The summed E-state index contributed by atoms with van der Waals surface area (Å²) < 4.78 is 5.16. The second kappa shape index (κ2) is 5.03. The van der Waals surface area contributed by atoms with Crippen LogP contribution in [-0.2, 0) is 16.0 Å². The normalized spacial score (nSPS) is 13.2. The van der Waals surface area contributed by atoms with Gasteiger partial charge in [0.2, 0.25) is 0 Å². The van der Waals surface area contributed by atoms with Gasteiger partial charge in [-0.25, -0.2) is 0 Å². The zero-order valence-electron chi connectivity index (χ0n) is 9.80. The quantitative estimate of drug-likeness (QED) is 0.763. The molecule has 1 unspecified atom stereocenters. The van der Waals surface area contributed by atoms with Gasteiger partial charge in [-0.2, -0.15) is 10.2 Å². The molecule has 0 radical (unpaired) electrons. The Balaban J connectivity index is 2.53. The summed E-state index contributed by atoms with van der Waals surface area (Å²) in [6.07, 6.45) is 1.91. The molecule has 0 amide bonds. The minimum Gasteiger partial charge on any atom is -0.459 e. The van der Waals surface area contributed by atoms with Crippen LogP contribution in [0, 0.1) is 0 Å². The molecule has 1 atom stereocenters. The Labute approximate surface area is 95.0 Å². The van der Waals surface area contributed by atoms with Crippen LogP contribution in [0.5, 0.6) is 0 Å². The average molecular weight is 223 g/mol. The zero-order valence-corrected chi connectivity index (χ0v) is 9.80. The van der Waals surface area contributed by atoms with Crippen molar-refractivity contribution >= 4 is 5.97 Å². The van der Waals surface area contributed by atoms with Crippen LogP contribution in [0.2, 0.25) is 0 Å². The molecule has 0 aliphatic heterocycles. The number of nitrogens with zero attached hydrogens (tertiary/aromatic N) is 2. The van der Waals surface area contributed by atoms with Gasteiger partial charge in [-0.1, -0.05) is 0 Å². The molecule has 5 heteroatoms. The van der Waals surface area contributed by atoms with Gasteiger partial charge in [0, 0.05) is 12.6 Å². The van der Waals surface area contributed by atoms with Crippen molar-refractivity contribution in [2.24, 2.45) is 5.73 Å².